The number of nitrogens with one attached hydrogen (secondary N) is 2. The van der Waals surface area contributed by atoms with Crippen molar-refractivity contribution in [3.05, 3.63) is 131 Å². The lowest BCUT2D eigenvalue weighted by Gasteiger charge is -2.13. The molecule has 0 saturated heterocycles. The zero-order chi connectivity index (χ0) is 27.8. The Bertz CT molecular complexity index is 1330. The number of carbonyl (C=O) groups excluding carboxylic acids is 4. The van der Waals surface area contributed by atoms with Gasteiger partial charge >= 0.3 is 0 Å². The maximum Gasteiger partial charge on any atom is 0.235 e. The first-order valence-electron chi connectivity index (χ1n) is 12.8. The molecule has 6 heteroatoms. The summed E-state index contributed by atoms with van der Waals surface area (Å²) < 4.78 is 0. The van der Waals surface area contributed by atoms with Crippen molar-refractivity contribution >= 4 is 34.8 Å². The fraction of sp³-hybridized carbons (Fsp3) is 0.152. The highest BCUT2D eigenvalue weighted by atomic mass is 16.2. The smallest absolute Gasteiger partial charge is 0.235 e. The summed E-state index contributed by atoms with van der Waals surface area (Å²) in [6, 6.07) is 32.5. The van der Waals surface area contributed by atoms with Gasteiger partial charge < -0.3 is 10.6 Å². The standard InChI is InChI=1S/C33H30N2O4/c1-22(30(36)26-9-5-3-6-10-26)32(38)34-28-17-13-24(14-18-28)21-25-15-19-29(20-16-25)35-33(39)23(2)31(37)27-11-7-4-8-12-27/h3-20,22-23H,21H2,1-2H3,(H,34,38)(H,35,39). The third-order valence-electron chi connectivity index (χ3n) is 6.54. The highest BCUT2D eigenvalue weighted by molar-refractivity contribution is 6.14. The molecule has 4 rings (SSSR count). The molecular formula is C33H30N2O4. The van der Waals surface area contributed by atoms with Gasteiger partial charge in [-0.3, -0.25) is 19.2 Å². The van der Waals surface area contributed by atoms with Crippen molar-refractivity contribution in [1.82, 2.24) is 0 Å². The van der Waals surface area contributed by atoms with Gasteiger partial charge in [0.25, 0.3) is 0 Å². The van der Waals surface area contributed by atoms with Crippen LogP contribution in [0.15, 0.2) is 109 Å². The second-order valence-electron chi connectivity index (χ2n) is 9.45. The Morgan fingerprint density at radius 1 is 0.513 bits per heavy atom. The molecule has 0 fully saturated rings. The van der Waals surface area contributed by atoms with E-state index in [4.69, 9.17) is 0 Å². The van der Waals surface area contributed by atoms with E-state index in [2.05, 4.69) is 10.6 Å². The van der Waals surface area contributed by atoms with Crippen LogP contribution in [0, 0.1) is 11.8 Å². The highest BCUT2D eigenvalue weighted by Gasteiger charge is 2.23. The van der Waals surface area contributed by atoms with Crippen LogP contribution >= 0.6 is 0 Å². The van der Waals surface area contributed by atoms with Crippen LogP contribution in [0.25, 0.3) is 0 Å². The van der Waals surface area contributed by atoms with Crippen LogP contribution in [0.4, 0.5) is 11.4 Å². The minimum atomic E-state index is -0.800. The third kappa shape index (κ3) is 7.14. The number of ketones is 2. The van der Waals surface area contributed by atoms with Gasteiger partial charge in [-0.2, -0.15) is 0 Å². The maximum atomic E-state index is 12.6. The van der Waals surface area contributed by atoms with Gasteiger partial charge in [0.1, 0.15) is 0 Å². The normalized spacial score (nSPS) is 12.2. The molecule has 2 amide bonds. The highest BCUT2D eigenvalue weighted by Crippen LogP contribution is 2.18. The van der Waals surface area contributed by atoms with E-state index in [0.717, 1.165) is 11.1 Å². The Labute approximate surface area is 228 Å². The number of hydrogen-bond acceptors (Lipinski definition) is 4. The lowest BCUT2D eigenvalue weighted by molar-refractivity contribution is -0.119. The zero-order valence-electron chi connectivity index (χ0n) is 21.9. The molecule has 39 heavy (non-hydrogen) atoms. The summed E-state index contributed by atoms with van der Waals surface area (Å²) in [5, 5.41) is 5.62. The van der Waals surface area contributed by atoms with Crippen LogP contribution < -0.4 is 10.6 Å². The van der Waals surface area contributed by atoms with E-state index in [1.165, 1.54) is 0 Å². The molecule has 2 unspecified atom stereocenters. The molecule has 0 aromatic heterocycles. The Morgan fingerprint density at radius 3 is 1.18 bits per heavy atom. The summed E-state index contributed by atoms with van der Waals surface area (Å²) in [5.41, 5.74) is 4.34. The Hall–Kier alpha value is -4.84. The molecule has 0 aliphatic rings. The Morgan fingerprint density at radius 2 is 0.846 bits per heavy atom. The quantitative estimate of drug-likeness (QED) is 0.193. The molecule has 4 aromatic rings. The minimum Gasteiger partial charge on any atom is -0.325 e. The summed E-state index contributed by atoms with van der Waals surface area (Å²) >= 11 is 0. The number of rotatable bonds is 10. The number of carbonyl (C=O) groups is 4. The largest absolute Gasteiger partial charge is 0.325 e. The van der Waals surface area contributed by atoms with Gasteiger partial charge in [-0.05, 0) is 55.7 Å². The first-order chi connectivity index (χ1) is 18.8. The molecule has 0 radical (unpaired) electrons. The van der Waals surface area contributed by atoms with E-state index in [9.17, 15) is 19.2 Å². The van der Waals surface area contributed by atoms with E-state index >= 15 is 0 Å². The maximum absolute atomic E-state index is 12.6. The minimum absolute atomic E-state index is 0.221. The topological polar surface area (TPSA) is 92.3 Å². The van der Waals surface area contributed by atoms with Crippen molar-refractivity contribution in [3.63, 3.8) is 0 Å². The molecule has 0 aliphatic heterocycles. The zero-order valence-corrected chi connectivity index (χ0v) is 21.9. The average Bonchev–Trinajstić information content (AvgIpc) is 2.98. The summed E-state index contributed by atoms with van der Waals surface area (Å²) in [5.74, 6) is -2.75. The lowest BCUT2D eigenvalue weighted by Crippen LogP contribution is -2.27. The lowest BCUT2D eigenvalue weighted by atomic mass is 9.98. The molecule has 0 bridgehead atoms. The average molecular weight is 519 g/mol. The number of amides is 2. The van der Waals surface area contributed by atoms with Crippen LogP contribution in [0.1, 0.15) is 45.7 Å². The predicted octanol–water partition coefficient (Wildman–Crippen LogP) is 6.19. The molecule has 4 aromatic carbocycles. The third-order valence-corrected chi connectivity index (χ3v) is 6.54. The molecule has 2 atom stereocenters. The number of anilines is 2. The Kier molecular flexibility index (Phi) is 8.79. The van der Waals surface area contributed by atoms with Crippen molar-refractivity contribution in [2.24, 2.45) is 11.8 Å². The molecule has 6 nitrogen and oxygen atoms in total. The van der Waals surface area contributed by atoms with Crippen molar-refractivity contribution in [1.29, 1.82) is 0 Å². The first-order valence-corrected chi connectivity index (χ1v) is 12.8. The van der Waals surface area contributed by atoms with Gasteiger partial charge in [-0.25, -0.2) is 0 Å². The van der Waals surface area contributed by atoms with Crippen LogP contribution in [0.2, 0.25) is 0 Å². The fourth-order valence-electron chi connectivity index (χ4n) is 4.09. The summed E-state index contributed by atoms with van der Waals surface area (Å²) in [6.45, 7) is 3.21. The predicted molar refractivity (Wildman–Crippen MR) is 153 cm³/mol. The van der Waals surface area contributed by atoms with Gasteiger partial charge in [-0.15, -0.1) is 0 Å². The number of Topliss-reactive ketones (excluding diaryl/α,β-unsaturated/α-hetero) is 2. The fourth-order valence-corrected chi connectivity index (χ4v) is 4.09. The molecular weight excluding hydrogens is 488 g/mol. The van der Waals surface area contributed by atoms with Crippen molar-refractivity contribution in [2.75, 3.05) is 10.6 Å². The molecule has 0 heterocycles. The second-order valence-corrected chi connectivity index (χ2v) is 9.45. The van der Waals surface area contributed by atoms with E-state index in [-0.39, 0.29) is 23.4 Å². The Balaban J connectivity index is 1.29. The van der Waals surface area contributed by atoms with E-state index in [1.807, 2.05) is 60.7 Å². The van der Waals surface area contributed by atoms with Gasteiger partial charge in [0, 0.05) is 22.5 Å². The van der Waals surface area contributed by atoms with Gasteiger partial charge in [-0.1, -0.05) is 84.9 Å². The number of benzene rings is 4. The SMILES string of the molecule is CC(C(=O)Nc1ccc(Cc2ccc(NC(=O)C(C)C(=O)c3ccccc3)cc2)cc1)C(=O)c1ccccc1. The van der Waals surface area contributed by atoms with E-state index < -0.39 is 11.8 Å². The molecule has 0 saturated carbocycles. The second kappa shape index (κ2) is 12.6. The van der Waals surface area contributed by atoms with Crippen molar-refractivity contribution in [2.45, 2.75) is 20.3 Å². The first kappa shape index (κ1) is 27.2. The van der Waals surface area contributed by atoms with E-state index in [0.29, 0.717) is 28.9 Å². The summed E-state index contributed by atoms with van der Waals surface area (Å²) in [7, 11) is 0. The van der Waals surface area contributed by atoms with Gasteiger partial charge in [0.15, 0.2) is 11.6 Å². The van der Waals surface area contributed by atoms with Crippen LogP contribution in [-0.2, 0) is 16.0 Å². The van der Waals surface area contributed by atoms with Crippen LogP contribution in [0.5, 0.6) is 0 Å². The molecule has 0 aliphatic carbocycles. The number of hydrogen-bond donors (Lipinski definition) is 2. The van der Waals surface area contributed by atoms with E-state index in [1.54, 1.807) is 62.4 Å². The van der Waals surface area contributed by atoms with Crippen LogP contribution in [0.3, 0.4) is 0 Å². The van der Waals surface area contributed by atoms with Crippen molar-refractivity contribution < 1.29 is 19.2 Å². The van der Waals surface area contributed by atoms with Gasteiger partial charge in [0.2, 0.25) is 11.8 Å². The van der Waals surface area contributed by atoms with Gasteiger partial charge in [0.05, 0.1) is 11.8 Å². The molecule has 0 spiro atoms. The molecule has 2 N–H and O–H groups in total. The summed E-state index contributed by atoms with van der Waals surface area (Å²) in [6.07, 6.45) is 0.661. The summed E-state index contributed by atoms with van der Waals surface area (Å²) in [4.78, 5) is 50.2. The molecule has 196 valence electrons. The van der Waals surface area contributed by atoms with Crippen LogP contribution in [-0.4, -0.2) is 23.4 Å². The monoisotopic (exact) mass is 518 g/mol. The van der Waals surface area contributed by atoms with Crippen molar-refractivity contribution in [3.8, 4) is 0 Å².